The maximum absolute atomic E-state index is 5.33. The highest BCUT2D eigenvalue weighted by Gasteiger charge is 2.17. The fourth-order valence-electron chi connectivity index (χ4n) is 2.15. The summed E-state index contributed by atoms with van der Waals surface area (Å²) in [5.41, 5.74) is 1.93. The van der Waals surface area contributed by atoms with Gasteiger partial charge in [0.05, 0.1) is 10.6 Å². The average Bonchev–Trinajstić information content (AvgIpc) is 3.10. The highest BCUT2D eigenvalue weighted by molar-refractivity contribution is 9.10. The largest absolute Gasteiger partial charge is 0.364 e. The lowest BCUT2D eigenvalue weighted by molar-refractivity contribution is 0.205. The van der Waals surface area contributed by atoms with Crippen LogP contribution in [-0.2, 0) is 4.74 Å². The number of aryl methyl sites for hydroxylation is 1. The second-order valence-corrected chi connectivity index (χ2v) is 7.77. The molecule has 0 aliphatic rings. The van der Waals surface area contributed by atoms with Gasteiger partial charge < -0.3 is 4.74 Å². The third-order valence-corrected chi connectivity index (χ3v) is 5.39. The molecule has 3 aromatic rings. The molecular formula is C16H16BrN5OS2. The quantitative estimate of drug-likeness (QED) is 0.318. The minimum absolute atomic E-state index is 0.362. The number of pyridine rings is 1. The molecule has 3 aromatic heterocycles. The van der Waals surface area contributed by atoms with E-state index in [-0.39, 0.29) is 0 Å². The zero-order valence-electron chi connectivity index (χ0n) is 13.9. The molecule has 0 spiro atoms. The molecule has 0 aliphatic carbocycles. The Hall–Kier alpha value is -1.55. The van der Waals surface area contributed by atoms with Crippen LogP contribution in [0.3, 0.4) is 0 Å². The molecule has 0 amide bonds. The molecule has 3 rings (SSSR count). The van der Waals surface area contributed by atoms with Crippen LogP contribution in [0.5, 0.6) is 0 Å². The Balaban J connectivity index is 1.96. The number of rotatable bonds is 6. The van der Waals surface area contributed by atoms with Gasteiger partial charge in [0, 0.05) is 30.2 Å². The van der Waals surface area contributed by atoms with Gasteiger partial charge in [-0.3, -0.25) is 4.90 Å². The van der Waals surface area contributed by atoms with Gasteiger partial charge in [0.2, 0.25) is 0 Å². The SMILES string of the molecule is COCN(c1ccc(Br)cn1)c1ncc(-c2nc(SC)ncc2C)s1. The van der Waals surface area contributed by atoms with E-state index in [1.165, 1.54) is 11.8 Å². The summed E-state index contributed by atoms with van der Waals surface area (Å²) in [4.78, 5) is 20.8. The van der Waals surface area contributed by atoms with Crippen LogP contribution in [0.15, 0.2) is 40.4 Å². The number of methoxy groups -OCH3 is 1. The number of hydrogen-bond donors (Lipinski definition) is 0. The molecule has 6 nitrogen and oxygen atoms in total. The number of halogens is 1. The van der Waals surface area contributed by atoms with Gasteiger partial charge in [-0.05, 0) is 46.8 Å². The summed E-state index contributed by atoms with van der Waals surface area (Å²) in [6.07, 6.45) is 7.40. The fraction of sp³-hybridized carbons (Fsp3) is 0.250. The van der Waals surface area contributed by atoms with Crippen molar-refractivity contribution in [1.29, 1.82) is 0 Å². The molecule has 3 heterocycles. The number of nitrogens with zero attached hydrogens (tertiary/aromatic N) is 5. The van der Waals surface area contributed by atoms with Crippen LogP contribution in [0.2, 0.25) is 0 Å². The van der Waals surface area contributed by atoms with E-state index in [1.54, 1.807) is 24.6 Å². The Morgan fingerprint density at radius 2 is 2.04 bits per heavy atom. The number of aromatic nitrogens is 4. The van der Waals surface area contributed by atoms with Crippen molar-refractivity contribution >= 4 is 50.0 Å². The number of thiazole rings is 1. The van der Waals surface area contributed by atoms with Crippen molar-refractivity contribution in [3.8, 4) is 10.6 Å². The smallest absolute Gasteiger partial charge is 0.193 e. The molecule has 0 aromatic carbocycles. The molecule has 0 unspecified atom stereocenters. The van der Waals surface area contributed by atoms with Gasteiger partial charge in [-0.15, -0.1) is 0 Å². The minimum Gasteiger partial charge on any atom is -0.364 e. The van der Waals surface area contributed by atoms with E-state index in [0.717, 1.165) is 36.7 Å². The Kier molecular flexibility index (Phi) is 6.00. The average molecular weight is 438 g/mol. The maximum Gasteiger partial charge on any atom is 0.193 e. The number of ether oxygens (including phenoxy) is 1. The van der Waals surface area contributed by atoms with E-state index >= 15 is 0 Å². The van der Waals surface area contributed by atoms with Gasteiger partial charge in [0.1, 0.15) is 12.5 Å². The van der Waals surface area contributed by atoms with Crippen molar-refractivity contribution < 1.29 is 4.74 Å². The molecule has 130 valence electrons. The summed E-state index contributed by atoms with van der Waals surface area (Å²) in [6, 6.07) is 3.87. The zero-order valence-corrected chi connectivity index (χ0v) is 17.2. The molecule has 0 saturated carbocycles. The summed E-state index contributed by atoms with van der Waals surface area (Å²) in [5.74, 6) is 0.773. The van der Waals surface area contributed by atoms with Crippen LogP contribution in [-0.4, -0.2) is 40.0 Å². The first-order valence-electron chi connectivity index (χ1n) is 7.34. The lowest BCUT2D eigenvalue weighted by Crippen LogP contribution is -2.20. The highest BCUT2D eigenvalue weighted by Crippen LogP contribution is 2.35. The fourth-order valence-corrected chi connectivity index (χ4v) is 3.69. The first-order valence-corrected chi connectivity index (χ1v) is 10.2. The Morgan fingerprint density at radius 3 is 2.72 bits per heavy atom. The Morgan fingerprint density at radius 1 is 1.20 bits per heavy atom. The third-order valence-electron chi connectivity index (χ3n) is 3.34. The van der Waals surface area contributed by atoms with Crippen LogP contribution in [0.1, 0.15) is 5.56 Å². The molecule has 25 heavy (non-hydrogen) atoms. The zero-order chi connectivity index (χ0) is 17.8. The van der Waals surface area contributed by atoms with E-state index < -0.39 is 0 Å². The molecule has 9 heteroatoms. The van der Waals surface area contributed by atoms with Crippen molar-refractivity contribution in [1.82, 2.24) is 19.9 Å². The summed E-state index contributed by atoms with van der Waals surface area (Å²) in [7, 11) is 1.65. The van der Waals surface area contributed by atoms with Crippen molar-refractivity contribution in [2.24, 2.45) is 0 Å². The molecule has 0 bridgehead atoms. The second kappa shape index (κ2) is 8.22. The molecule has 0 N–H and O–H groups in total. The van der Waals surface area contributed by atoms with Crippen LogP contribution in [0.25, 0.3) is 10.6 Å². The summed E-state index contributed by atoms with van der Waals surface area (Å²) in [6.45, 7) is 2.36. The monoisotopic (exact) mass is 437 g/mol. The Labute approximate surface area is 162 Å². The first kappa shape index (κ1) is 18.2. The Bertz CT molecular complexity index is 856. The van der Waals surface area contributed by atoms with Gasteiger partial charge in [-0.25, -0.2) is 19.9 Å². The van der Waals surface area contributed by atoms with E-state index in [9.17, 15) is 0 Å². The third kappa shape index (κ3) is 4.17. The normalized spacial score (nSPS) is 10.9. The molecule has 0 aliphatic heterocycles. The summed E-state index contributed by atoms with van der Waals surface area (Å²) < 4.78 is 6.26. The predicted molar refractivity (Wildman–Crippen MR) is 106 cm³/mol. The lowest BCUT2D eigenvalue weighted by atomic mass is 10.2. The lowest BCUT2D eigenvalue weighted by Gasteiger charge is -2.19. The van der Waals surface area contributed by atoms with E-state index in [2.05, 4.69) is 35.9 Å². The molecule has 0 atom stereocenters. The van der Waals surface area contributed by atoms with Crippen molar-refractivity contribution in [2.75, 3.05) is 25.0 Å². The van der Waals surface area contributed by atoms with Crippen molar-refractivity contribution in [3.63, 3.8) is 0 Å². The van der Waals surface area contributed by atoms with Gasteiger partial charge >= 0.3 is 0 Å². The van der Waals surface area contributed by atoms with Crippen LogP contribution < -0.4 is 4.90 Å². The van der Waals surface area contributed by atoms with Crippen molar-refractivity contribution in [2.45, 2.75) is 12.1 Å². The van der Waals surface area contributed by atoms with Gasteiger partial charge in [0.25, 0.3) is 0 Å². The number of hydrogen-bond acceptors (Lipinski definition) is 8. The number of thioether (sulfide) groups is 1. The van der Waals surface area contributed by atoms with Gasteiger partial charge in [-0.2, -0.15) is 0 Å². The van der Waals surface area contributed by atoms with E-state index in [4.69, 9.17) is 4.74 Å². The number of anilines is 2. The minimum atomic E-state index is 0.362. The van der Waals surface area contributed by atoms with E-state index in [0.29, 0.717) is 6.73 Å². The highest BCUT2D eigenvalue weighted by atomic mass is 79.9. The first-order chi connectivity index (χ1) is 12.1. The van der Waals surface area contributed by atoms with Crippen LogP contribution >= 0.6 is 39.0 Å². The summed E-state index contributed by atoms with van der Waals surface area (Å²) >= 11 is 6.48. The second-order valence-electron chi connectivity index (χ2n) is 5.08. The van der Waals surface area contributed by atoms with Crippen LogP contribution in [0.4, 0.5) is 10.9 Å². The predicted octanol–water partition coefficient (Wildman–Crippen LogP) is 4.53. The molecule has 0 radical (unpaired) electrons. The standard InChI is InChI=1S/C16H16BrN5OS2/c1-10-6-19-15(24-3)21-14(10)12-8-20-16(25-12)22(9-23-2)13-5-4-11(17)7-18-13/h4-8H,9H2,1-3H3. The summed E-state index contributed by atoms with van der Waals surface area (Å²) in [5, 5.41) is 1.55. The van der Waals surface area contributed by atoms with Crippen LogP contribution in [0, 0.1) is 6.92 Å². The van der Waals surface area contributed by atoms with E-state index in [1.807, 2.05) is 42.6 Å². The molecule has 0 saturated heterocycles. The molecule has 0 fully saturated rings. The van der Waals surface area contributed by atoms with Gasteiger partial charge in [0.15, 0.2) is 10.3 Å². The van der Waals surface area contributed by atoms with Gasteiger partial charge in [-0.1, -0.05) is 23.1 Å². The maximum atomic E-state index is 5.33. The van der Waals surface area contributed by atoms with Crippen molar-refractivity contribution in [3.05, 3.63) is 40.8 Å². The molecular weight excluding hydrogens is 422 g/mol. The topological polar surface area (TPSA) is 64.0 Å².